The number of amides is 1. The summed E-state index contributed by atoms with van der Waals surface area (Å²) in [5, 5.41) is 8.99. The molecule has 1 aliphatic rings. The molecule has 1 unspecified atom stereocenters. The van der Waals surface area contributed by atoms with Crippen LogP contribution in [0.3, 0.4) is 0 Å². The number of aliphatic hydroxyl groups excluding tert-OH is 1. The molecule has 0 aromatic heterocycles. The van der Waals surface area contributed by atoms with Gasteiger partial charge in [0.05, 0.1) is 6.54 Å². The Balaban J connectivity index is 2.14. The van der Waals surface area contributed by atoms with Gasteiger partial charge in [0.1, 0.15) is 0 Å². The van der Waals surface area contributed by atoms with Gasteiger partial charge in [-0.15, -0.1) is 0 Å². The number of hydrogen-bond acceptors (Lipinski definition) is 3. The molecule has 1 aliphatic heterocycles. The molecule has 3 N–H and O–H groups in total. The van der Waals surface area contributed by atoms with E-state index in [0.29, 0.717) is 18.0 Å². The van der Waals surface area contributed by atoms with Crippen LogP contribution in [0.1, 0.15) is 34.3 Å². The van der Waals surface area contributed by atoms with Gasteiger partial charge in [-0.25, -0.2) is 0 Å². The number of benzene rings is 1. The van der Waals surface area contributed by atoms with Gasteiger partial charge in [-0.1, -0.05) is 11.8 Å². The molecule has 1 aromatic rings. The normalized spacial score (nSPS) is 17.5. The Bertz CT molecular complexity index is 572. The number of aryl methyl sites for hydroxylation is 1. The van der Waals surface area contributed by atoms with Crippen LogP contribution in [-0.4, -0.2) is 42.2 Å². The molecule has 2 rings (SSSR count). The smallest absolute Gasteiger partial charge is 0.253 e. The standard InChI is InChI=1S/C17H22N2O2/c1-13-9-15(3-2-6-18)11-16(10-13)17(21)19-7-4-14(12-19)5-8-20/h9-11,14,20H,4-8,12,18H2,1H3. The third kappa shape index (κ3) is 4.07. The van der Waals surface area contributed by atoms with Crippen LogP contribution in [0.2, 0.25) is 0 Å². The average molecular weight is 286 g/mol. The lowest BCUT2D eigenvalue weighted by Gasteiger charge is -2.17. The number of hydrogen-bond donors (Lipinski definition) is 2. The fourth-order valence-corrected chi connectivity index (χ4v) is 2.75. The third-order valence-corrected chi connectivity index (χ3v) is 3.77. The highest BCUT2D eigenvalue weighted by molar-refractivity contribution is 5.95. The molecule has 0 bridgehead atoms. The second kappa shape index (κ2) is 7.26. The maximum Gasteiger partial charge on any atom is 0.253 e. The van der Waals surface area contributed by atoms with Crippen LogP contribution >= 0.6 is 0 Å². The Labute approximate surface area is 125 Å². The Morgan fingerprint density at radius 3 is 3.00 bits per heavy atom. The lowest BCUT2D eigenvalue weighted by Crippen LogP contribution is -2.29. The molecule has 21 heavy (non-hydrogen) atoms. The number of aliphatic hydroxyl groups is 1. The van der Waals surface area contributed by atoms with E-state index in [1.165, 1.54) is 0 Å². The van der Waals surface area contributed by atoms with E-state index in [0.717, 1.165) is 37.1 Å². The van der Waals surface area contributed by atoms with Crippen molar-refractivity contribution in [3.63, 3.8) is 0 Å². The fourth-order valence-electron chi connectivity index (χ4n) is 2.75. The highest BCUT2D eigenvalue weighted by Gasteiger charge is 2.26. The Hall–Kier alpha value is -1.83. The molecule has 4 heteroatoms. The van der Waals surface area contributed by atoms with E-state index in [-0.39, 0.29) is 12.5 Å². The van der Waals surface area contributed by atoms with Gasteiger partial charge >= 0.3 is 0 Å². The maximum atomic E-state index is 12.6. The van der Waals surface area contributed by atoms with Crippen LogP contribution in [0.25, 0.3) is 0 Å². The van der Waals surface area contributed by atoms with Crippen molar-refractivity contribution < 1.29 is 9.90 Å². The van der Waals surface area contributed by atoms with E-state index in [1.807, 2.05) is 30.0 Å². The summed E-state index contributed by atoms with van der Waals surface area (Å²) in [6, 6.07) is 5.69. The molecule has 0 saturated carbocycles. The first-order chi connectivity index (χ1) is 10.1. The lowest BCUT2D eigenvalue weighted by molar-refractivity contribution is 0.0784. The minimum atomic E-state index is 0.0509. The Kier molecular flexibility index (Phi) is 5.38. The van der Waals surface area contributed by atoms with E-state index in [1.54, 1.807) is 0 Å². The number of nitrogens with zero attached hydrogens (tertiary/aromatic N) is 1. The van der Waals surface area contributed by atoms with Crippen molar-refractivity contribution in [2.45, 2.75) is 19.8 Å². The predicted molar refractivity (Wildman–Crippen MR) is 82.8 cm³/mol. The van der Waals surface area contributed by atoms with Gasteiger partial charge in [0.15, 0.2) is 0 Å². The van der Waals surface area contributed by atoms with E-state index in [4.69, 9.17) is 10.8 Å². The highest BCUT2D eigenvalue weighted by Crippen LogP contribution is 2.22. The summed E-state index contributed by atoms with van der Waals surface area (Å²) in [5.41, 5.74) is 7.92. The van der Waals surface area contributed by atoms with Crippen LogP contribution < -0.4 is 5.73 Å². The van der Waals surface area contributed by atoms with Crippen LogP contribution in [0.5, 0.6) is 0 Å². The van der Waals surface area contributed by atoms with Crippen molar-refractivity contribution in [1.82, 2.24) is 4.90 Å². The summed E-state index contributed by atoms with van der Waals surface area (Å²) in [6.07, 6.45) is 1.74. The molecular weight excluding hydrogens is 264 g/mol. The summed E-state index contributed by atoms with van der Waals surface area (Å²) in [6.45, 7) is 3.96. The molecule has 4 nitrogen and oxygen atoms in total. The molecular formula is C17H22N2O2. The van der Waals surface area contributed by atoms with Crippen LogP contribution in [0.15, 0.2) is 18.2 Å². The van der Waals surface area contributed by atoms with Crippen LogP contribution in [-0.2, 0) is 0 Å². The highest BCUT2D eigenvalue weighted by atomic mass is 16.3. The molecule has 0 spiro atoms. The van der Waals surface area contributed by atoms with Crippen molar-refractivity contribution >= 4 is 5.91 Å². The summed E-state index contributed by atoms with van der Waals surface area (Å²) in [7, 11) is 0. The van der Waals surface area contributed by atoms with Crippen LogP contribution in [0, 0.1) is 24.7 Å². The summed E-state index contributed by atoms with van der Waals surface area (Å²) < 4.78 is 0. The number of rotatable bonds is 3. The van der Waals surface area contributed by atoms with Gasteiger partial charge in [0.2, 0.25) is 0 Å². The fraction of sp³-hybridized carbons (Fsp3) is 0.471. The van der Waals surface area contributed by atoms with Crippen molar-refractivity contribution in [2.24, 2.45) is 11.7 Å². The van der Waals surface area contributed by atoms with Gasteiger partial charge in [0, 0.05) is 30.8 Å². The monoisotopic (exact) mass is 286 g/mol. The molecule has 1 heterocycles. The van der Waals surface area contributed by atoms with Crippen molar-refractivity contribution in [3.05, 3.63) is 34.9 Å². The first-order valence-electron chi connectivity index (χ1n) is 7.35. The Morgan fingerprint density at radius 2 is 2.29 bits per heavy atom. The number of carbonyl (C=O) groups excluding carboxylic acids is 1. The number of nitrogens with two attached hydrogens (primary N) is 1. The van der Waals surface area contributed by atoms with E-state index in [2.05, 4.69) is 11.8 Å². The first kappa shape index (κ1) is 15.6. The van der Waals surface area contributed by atoms with Crippen molar-refractivity contribution in [2.75, 3.05) is 26.2 Å². The molecule has 0 aliphatic carbocycles. The van der Waals surface area contributed by atoms with Gasteiger partial charge in [-0.2, -0.15) is 0 Å². The zero-order chi connectivity index (χ0) is 15.2. The largest absolute Gasteiger partial charge is 0.396 e. The SMILES string of the molecule is Cc1cc(C#CCN)cc(C(=O)N2CCC(CCO)C2)c1. The molecule has 1 fully saturated rings. The van der Waals surface area contributed by atoms with Crippen molar-refractivity contribution in [1.29, 1.82) is 0 Å². The van der Waals surface area contributed by atoms with Gasteiger partial charge in [-0.3, -0.25) is 4.79 Å². The number of carbonyl (C=O) groups is 1. The first-order valence-corrected chi connectivity index (χ1v) is 7.35. The maximum absolute atomic E-state index is 12.6. The summed E-state index contributed by atoms with van der Waals surface area (Å²) in [5.74, 6) is 6.27. The summed E-state index contributed by atoms with van der Waals surface area (Å²) >= 11 is 0. The molecule has 1 aromatic carbocycles. The van der Waals surface area contributed by atoms with Crippen molar-refractivity contribution in [3.8, 4) is 11.8 Å². The van der Waals surface area contributed by atoms with Gasteiger partial charge in [0.25, 0.3) is 5.91 Å². The minimum Gasteiger partial charge on any atom is -0.396 e. The van der Waals surface area contributed by atoms with Gasteiger partial charge < -0.3 is 15.7 Å². The van der Waals surface area contributed by atoms with E-state index >= 15 is 0 Å². The zero-order valence-corrected chi connectivity index (χ0v) is 12.4. The Morgan fingerprint density at radius 1 is 1.48 bits per heavy atom. The second-order valence-corrected chi connectivity index (χ2v) is 5.51. The molecule has 1 saturated heterocycles. The second-order valence-electron chi connectivity index (χ2n) is 5.51. The minimum absolute atomic E-state index is 0.0509. The number of likely N-dealkylation sites (tertiary alicyclic amines) is 1. The van der Waals surface area contributed by atoms with E-state index < -0.39 is 0 Å². The van der Waals surface area contributed by atoms with Gasteiger partial charge in [-0.05, 0) is 49.4 Å². The van der Waals surface area contributed by atoms with E-state index in [9.17, 15) is 4.79 Å². The topological polar surface area (TPSA) is 66.6 Å². The zero-order valence-electron chi connectivity index (χ0n) is 12.4. The summed E-state index contributed by atoms with van der Waals surface area (Å²) in [4.78, 5) is 14.4. The average Bonchev–Trinajstić information content (AvgIpc) is 2.93. The van der Waals surface area contributed by atoms with Crippen LogP contribution in [0.4, 0.5) is 0 Å². The third-order valence-electron chi connectivity index (χ3n) is 3.77. The molecule has 1 amide bonds. The lowest BCUT2D eigenvalue weighted by atomic mass is 10.1. The molecule has 0 radical (unpaired) electrons. The quantitative estimate of drug-likeness (QED) is 0.819. The molecule has 112 valence electrons. The molecule has 1 atom stereocenters. The predicted octanol–water partition coefficient (Wildman–Crippen LogP) is 1.15.